The van der Waals surface area contributed by atoms with Gasteiger partial charge in [-0.2, -0.15) is 13.2 Å². The van der Waals surface area contributed by atoms with Crippen molar-refractivity contribution in [3.8, 4) is 0 Å². The van der Waals surface area contributed by atoms with Crippen molar-refractivity contribution in [2.24, 2.45) is 0 Å². The molecule has 0 spiro atoms. The van der Waals surface area contributed by atoms with Crippen LogP contribution in [0.4, 0.5) is 18.9 Å². The molecule has 0 bridgehead atoms. The lowest BCUT2D eigenvalue weighted by Gasteiger charge is -2.11. The molecule has 0 saturated carbocycles. The molecular formula is C10H9ClF3NO. The van der Waals surface area contributed by atoms with Gasteiger partial charge in [0.05, 0.1) is 5.56 Å². The number of rotatable bonds is 2. The van der Waals surface area contributed by atoms with Crippen LogP contribution < -0.4 is 5.32 Å². The van der Waals surface area contributed by atoms with Crippen LogP contribution in [0.1, 0.15) is 11.1 Å². The first-order chi connectivity index (χ1) is 7.34. The number of alkyl halides is 4. The van der Waals surface area contributed by atoms with Gasteiger partial charge < -0.3 is 5.32 Å². The van der Waals surface area contributed by atoms with Crippen LogP contribution in [0.2, 0.25) is 0 Å². The summed E-state index contributed by atoms with van der Waals surface area (Å²) in [7, 11) is 0. The van der Waals surface area contributed by atoms with Crippen molar-refractivity contribution in [3.05, 3.63) is 29.3 Å². The third kappa shape index (κ3) is 3.13. The summed E-state index contributed by atoms with van der Waals surface area (Å²) >= 11 is 5.27. The van der Waals surface area contributed by atoms with Crippen LogP contribution in [0.5, 0.6) is 0 Å². The van der Waals surface area contributed by atoms with Gasteiger partial charge in [0.25, 0.3) is 0 Å². The van der Waals surface area contributed by atoms with Crippen LogP contribution in [0, 0.1) is 6.92 Å². The maximum Gasteiger partial charge on any atom is 0.416 e. The minimum Gasteiger partial charge on any atom is -0.325 e. The number of nitrogens with one attached hydrogen (secondary N) is 1. The van der Waals surface area contributed by atoms with Gasteiger partial charge >= 0.3 is 6.18 Å². The van der Waals surface area contributed by atoms with Crippen molar-refractivity contribution in [2.45, 2.75) is 13.1 Å². The van der Waals surface area contributed by atoms with E-state index in [1.807, 2.05) is 0 Å². The van der Waals surface area contributed by atoms with Gasteiger partial charge in [0, 0.05) is 5.69 Å². The summed E-state index contributed by atoms with van der Waals surface area (Å²) in [6.07, 6.45) is -4.38. The third-order valence-electron chi connectivity index (χ3n) is 1.95. The van der Waals surface area contributed by atoms with Crippen LogP contribution in [0.25, 0.3) is 0 Å². The fourth-order valence-electron chi connectivity index (χ4n) is 1.16. The quantitative estimate of drug-likeness (QED) is 0.804. The molecule has 0 aliphatic carbocycles. The summed E-state index contributed by atoms with van der Waals surface area (Å²) < 4.78 is 37.0. The van der Waals surface area contributed by atoms with Crippen LogP contribution >= 0.6 is 11.6 Å². The largest absolute Gasteiger partial charge is 0.416 e. The summed E-state index contributed by atoms with van der Waals surface area (Å²) in [5.41, 5.74) is -0.0687. The van der Waals surface area contributed by atoms with Gasteiger partial charge in [0.2, 0.25) is 5.91 Å². The molecule has 16 heavy (non-hydrogen) atoms. The summed E-state index contributed by atoms with van der Waals surface area (Å²) in [6, 6.07) is 3.10. The molecule has 0 atom stereocenters. The molecule has 1 aromatic carbocycles. The molecule has 0 aromatic heterocycles. The number of benzene rings is 1. The molecule has 1 amide bonds. The van der Waals surface area contributed by atoms with Crippen LogP contribution in [-0.2, 0) is 11.0 Å². The monoisotopic (exact) mass is 251 g/mol. The summed E-state index contributed by atoms with van der Waals surface area (Å²) in [5.74, 6) is -0.690. The molecule has 1 rings (SSSR count). The van der Waals surface area contributed by atoms with Crippen LogP contribution in [0.3, 0.4) is 0 Å². The first-order valence-electron chi connectivity index (χ1n) is 4.38. The number of amides is 1. The third-order valence-corrected chi connectivity index (χ3v) is 2.19. The molecule has 0 aliphatic rings. The molecule has 6 heteroatoms. The highest BCUT2D eigenvalue weighted by molar-refractivity contribution is 6.29. The molecule has 0 radical (unpaired) electrons. The van der Waals surface area contributed by atoms with Crippen molar-refractivity contribution < 1.29 is 18.0 Å². The lowest BCUT2D eigenvalue weighted by atomic mass is 10.1. The van der Waals surface area contributed by atoms with Gasteiger partial charge in [-0.15, -0.1) is 11.6 Å². The first-order valence-corrected chi connectivity index (χ1v) is 4.91. The number of hydrogen-bond acceptors (Lipinski definition) is 1. The minimum absolute atomic E-state index is 0.236. The molecule has 1 aromatic rings. The van der Waals surface area contributed by atoms with Crippen molar-refractivity contribution >= 4 is 23.2 Å². The van der Waals surface area contributed by atoms with Crippen molar-refractivity contribution in [3.63, 3.8) is 0 Å². The smallest absolute Gasteiger partial charge is 0.325 e. The molecule has 0 unspecified atom stereocenters. The molecule has 88 valence electrons. The van der Waals surface area contributed by atoms with E-state index in [1.54, 1.807) is 0 Å². The maximum absolute atomic E-state index is 12.3. The van der Waals surface area contributed by atoms with E-state index in [2.05, 4.69) is 5.32 Å². The van der Waals surface area contributed by atoms with E-state index in [0.29, 0.717) is 11.3 Å². The normalized spacial score (nSPS) is 11.3. The maximum atomic E-state index is 12.3. The van der Waals surface area contributed by atoms with Crippen molar-refractivity contribution in [1.29, 1.82) is 0 Å². The van der Waals surface area contributed by atoms with Crippen LogP contribution in [-0.4, -0.2) is 11.8 Å². The lowest BCUT2D eigenvalue weighted by Crippen LogP contribution is -2.14. The molecule has 0 saturated heterocycles. The van der Waals surface area contributed by atoms with E-state index in [9.17, 15) is 18.0 Å². The second-order valence-corrected chi connectivity index (χ2v) is 3.48. The first kappa shape index (κ1) is 12.8. The van der Waals surface area contributed by atoms with E-state index in [4.69, 9.17) is 11.6 Å². The zero-order chi connectivity index (χ0) is 12.3. The van der Waals surface area contributed by atoms with E-state index in [-0.39, 0.29) is 5.88 Å². The SMILES string of the molecule is Cc1cc(C(F)(F)F)ccc1NC(=O)CCl. The Morgan fingerprint density at radius 3 is 2.50 bits per heavy atom. The summed E-state index contributed by atoms with van der Waals surface area (Å²) in [5, 5.41) is 2.40. The highest BCUT2D eigenvalue weighted by Crippen LogP contribution is 2.31. The zero-order valence-electron chi connectivity index (χ0n) is 8.36. The molecule has 1 N–H and O–H groups in total. The molecule has 2 nitrogen and oxygen atoms in total. The fraction of sp³-hybridized carbons (Fsp3) is 0.300. The molecular weight excluding hydrogens is 243 g/mol. The topological polar surface area (TPSA) is 29.1 Å². The Kier molecular flexibility index (Phi) is 3.80. The number of carbonyl (C=O) groups is 1. The highest BCUT2D eigenvalue weighted by atomic mass is 35.5. The van der Waals surface area contributed by atoms with Crippen LogP contribution in [0.15, 0.2) is 18.2 Å². The average Bonchev–Trinajstić information content (AvgIpc) is 2.19. The van der Waals surface area contributed by atoms with Crippen molar-refractivity contribution in [1.82, 2.24) is 0 Å². The predicted molar refractivity (Wildman–Crippen MR) is 55.5 cm³/mol. The van der Waals surface area contributed by atoms with Gasteiger partial charge in [-0.1, -0.05) is 0 Å². The van der Waals surface area contributed by atoms with Crippen molar-refractivity contribution in [2.75, 3.05) is 11.2 Å². The number of anilines is 1. The van der Waals surface area contributed by atoms with E-state index in [0.717, 1.165) is 12.1 Å². The molecule has 0 fully saturated rings. The van der Waals surface area contributed by atoms with E-state index in [1.165, 1.54) is 13.0 Å². The average molecular weight is 252 g/mol. The standard InChI is InChI=1S/C10H9ClF3NO/c1-6-4-7(10(12,13)14)2-3-8(6)15-9(16)5-11/h2-4H,5H2,1H3,(H,15,16). The minimum atomic E-state index is -4.38. The number of carbonyl (C=O) groups excluding carboxylic acids is 1. The second-order valence-electron chi connectivity index (χ2n) is 3.21. The lowest BCUT2D eigenvalue weighted by molar-refractivity contribution is -0.137. The van der Waals surface area contributed by atoms with Gasteiger partial charge in [0.15, 0.2) is 0 Å². The molecule has 0 heterocycles. The predicted octanol–water partition coefficient (Wildman–Crippen LogP) is 3.19. The fourth-order valence-corrected chi connectivity index (χ4v) is 1.23. The number of aryl methyl sites for hydroxylation is 1. The van der Waals surface area contributed by atoms with E-state index < -0.39 is 17.6 Å². The van der Waals surface area contributed by atoms with E-state index >= 15 is 0 Å². The van der Waals surface area contributed by atoms with Gasteiger partial charge in [-0.05, 0) is 30.7 Å². The number of halogens is 4. The van der Waals surface area contributed by atoms with Gasteiger partial charge in [0.1, 0.15) is 5.88 Å². The Morgan fingerprint density at radius 2 is 2.06 bits per heavy atom. The Balaban J connectivity index is 2.96. The Hall–Kier alpha value is -1.23. The Labute approximate surface area is 95.4 Å². The Morgan fingerprint density at radius 1 is 1.44 bits per heavy atom. The van der Waals surface area contributed by atoms with Gasteiger partial charge in [-0.3, -0.25) is 4.79 Å². The number of hydrogen-bond donors (Lipinski definition) is 1. The zero-order valence-corrected chi connectivity index (χ0v) is 9.12. The summed E-state index contributed by atoms with van der Waals surface area (Å²) in [6.45, 7) is 1.49. The van der Waals surface area contributed by atoms with Gasteiger partial charge in [-0.25, -0.2) is 0 Å². The summed E-state index contributed by atoms with van der Waals surface area (Å²) in [4.78, 5) is 10.9. The molecule has 0 aliphatic heterocycles. The Bertz CT molecular complexity index is 404. The highest BCUT2D eigenvalue weighted by Gasteiger charge is 2.30. The second kappa shape index (κ2) is 4.74.